The zero-order valence-corrected chi connectivity index (χ0v) is 13.9. The molecule has 0 saturated carbocycles. The largest absolute Gasteiger partial charge is 0.315 e. The van der Waals surface area contributed by atoms with Gasteiger partial charge in [0, 0.05) is 16.1 Å². The van der Waals surface area contributed by atoms with E-state index in [0.29, 0.717) is 28.2 Å². The number of halogens is 2. The van der Waals surface area contributed by atoms with Gasteiger partial charge in [-0.05, 0) is 37.6 Å². The van der Waals surface area contributed by atoms with Crippen molar-refractivity contribution in [1.82, 2.24) is 5.32 Å². The highest BCUT2D eigenvalue weighted by molar-refractivity contribution is 7.92. The molecule has 0 spiro atoms. The molecule has 1 rings (SSSR count). The third-order valence-electron chi connectivity index (χ3n) is 2.53. The molecule has 0 unspecified atom stereocenters. The molecule has 0 saturated heterocycles. The van der Waals surface area contributed by atoms with Crippen LogP contribution in [0, 0.1) is 0 Å². The van der Waals surface area contributed by atoms with Crippen LogP contribution in [0.4, 0.5) is 5.69 Å². The first-order chi connectivity index (χ1) is 9.28. The van der Waals surface area contributed by atoms with Crippen molar-refractivity contribution in [1.29, 1.82) is 0 Å². The second-order valence-electron chi connectivity index (χ2n) is 4.89. The predicted molar refractivity (Wildman–Crippen MR) is 86.2 cm³/mol. The summed E-state index contributed by atoms with van der Waals surface area (Å²) in [6, 6.07) is 5.04. The highest BCUT2D eigenvalue weighted by Gasteiger charge is 2.11. The summed E-state index contributed by atoms with van der Waals surface area (Å²) in [7, 11) is -3.36. The molecule has 2 N–H and O–H groups in total. The zero-order chi connectivity index (χ0) is 15.2. The van der Waals surface area contributed by atoms with Gasteiger partial charge < -0.3 is 5.32 Å². The maximum atomic E-state index is 11.9. The highest BCUT2D eigenvalue weighted by atomic mass is 35.5. The van der Waals surface area contributed by atoms with Gasteiger partial charge in [0.2, 0.25) is 10.0 Å². The number of benzene rings is 1. The van der Waals surface area contributed by atoms with Gasteiger partial charge >= 0.3 is 0 Å². The van der Waals surface area contributed by atoms with Crippen LogP contribution in [0.5, 0.6) is 0 Å². The molecule has 0 atom stereocenters. The number of nitrogens with one attached hydrogen (secondary N) is 2. The van der Waals surface area contributed by atoms with E-state index in [1.54, 1.807) is 6.07 Å². The van der Waals surface area contributed by atoms with Gasteiger partial charge in [-0.3, -0.25) is 4.72 Å². The van der Waals surface area contributed by atoms with E-state index >= 15 is 0 Å². The molecule has 0 amide bonds. The van der Waals surface area contributed by atoms with Gasteiger partial charge in [-0.25, -0.2) is 8.42 Å². The van der Waals surface area contributed by atoms with Gasteiger partial charge in [-0.15, -0.1) is 0 Å². The predicted octanol–water partition coefficient (Wildman–Crippen LogP) is 3.51. The molecule has 0 radical (unpaired) electrons. The van der Waals surface area contributed by atoms with E-state index in [9.17, 15) is 8.42 Å². The second kappa shape index (κ2) is 8.08. The molecule has 0 aliphatic carbocycles. The van der Waals surface area contributed by atoms with Gasteiger partial charge in [0.05, 0.1) is 11.4 Å². The Balaban J connectivity index is 2.45. The van der Waals surface area contributed by atoms with Crippen LogP contribution in [-0.4, -0.2) is 26.8 Å². The average Bonchev–Trinajstić information content (AvgIpc) is 2.25. The molecule has 0 aliphatic rings. The Morgan fingerprint density at radius 2 is 1.70 bits per heavy atom. The van der Waals surface area contributed by atoms with Crippen LogP contribution in [0.3, 0.4) is 0 Å². The Morgan fingerprint density at radius 1 is 1.10 bits per heavy atom. The molecule has 20 heavy (non-hydrogen) atoms. The van der Waals surface area contributed by atoms with Gasteiger partial charge in [0.25, 0.3) is 0 Å². The fourth-order valence-corrected chi connectivity index (χ4v) is 3.34. The van der Waals surface area contributed by atoms with Crippen molar-refractivity contribution >= 4 is 38.9 Å². The molecule has 1 aromatic carbocycles. The number of unbranched alkanes of at least 4 members (excludes halogenated alkanes) is 1. The number of hydrogen-bond acceptors (Lipinski definition) is 3. The van der Waals surface area contributed by atoms with E-state index in [2.05, 4.69) is 23.9 Å². The Hall–Kier alpha value is -0.490. The summed E-state index contributed by atoms with van der Waals surface area (Å²) in [5, 5.41) is 4.04. The Bertz CT molecular complexity index is 513. The van der Waals surface area contributed by atoms with Gasteiger partial charge in [-0.1, -0.05) is 37.0 Å². The van der Waals surface area contributed by atoms with Crippen molar-refractivity contribution < 1.29 is 8.42 Å². The van der Waals surface area contributed by atoms with Crippen molar-refractivity contribution in [3.05, 3.63) is 28.2 Å². The molecule has 114 valence electrons. The van der Waals surface area contributed by atoms with Crippen LogP contribution < -0.4 is 10.0 Å². The maximum absolute atomic E-state index is 11.9. The van der Waals surface area contributed by atoms with Crippen LogP contribution in [0.2, 0.25) is 10.0 Å². The van der Waals surface area contributed by atoms with Crippen LogP contribution in [0.15, 0.2) is 18.2 Å². The molecular weight excluding hydrogens is 319 g/mol. The van der Waals surface area contributed by atoms with Crippen LogP contribution in [-0.2, 0) is 10.0 Å². The lowest BCUT2D eigenvalue weighted by atomic mass is 10.3. The summed E-state index contributed by atoms with van der Waals surface area (Å²) in [5.41, 5.74) is 0.391. The van der Waals surface area contributed by atoms with Gasteiger partial charge in [0.15, 0.2) is 0 Å². The minimum Gasteiger partial charge on any atom is -0.315 e. The van der Waals surface area contributed by atoms with E-state index in [-0.39, 0.29) is 5.75 Å². The summed E-state index contributed by atoms with van der Waals surface area (Å²) in [5.74, 6) is 0.0803. The Morgan fingerprint density at radius 3 is 2.25 bits per heavy atom. The second-order valence-corrected chi connectivity index (χ2v) is 7.61. The minimum atomic E-state index is -3.36. The molecule has 0 aromatic heterocycles. The molecular formula is C13H20Cl2N2O2S. The van der Waals surface area contributed by atoms with E-state index < -0.39 is 10.0 Å². The van der Waals surface area contributed by atoms with E-state index in [1.807, 2.05) is 0 Å². The molecule has 0 fully saturated rings. The van der Waals surface area contributed by atoms with Crippen LogP contribution in [0.1, 0.15) is 26.7 Å². The quantitative estimate of drug-likeness (QED) is 0.713. The Labute approximate surface area is 130 Å². The highest BCUT2D eigenvalue weighted by Crippen LogP contribution is 2.23. The van der Waals surface area contributed by atoms with Gasteiger partial charge in [-0.2, -0.15) is 0 Å². The number of sulfonamides is 1. The lowest BCUT2D eigenvalue weighted by molar-refractivity contribution is 0.561. The zero-order valence-electron chi connectivity index (χ0n) is 11.6. The third-order valence-corrected chi connectivity index (χ3v) is 4.34. The molecule has 0 bridgehead atoms. The SMILES string of the molecule is CC(C)NCCCCS(=O)(=O)Nc1cc(Cl)cc(Cl)c1. The van der Waals surface area contributed by atoms with Crippen molar-refractivity contribution in [3.8, 4) is 0 Å². The van der Waals surface area contributed by atoms with E-state index in [4.69, 9.17) is 23.2 Å². The summed E-state index contributed by atoms with van der Waals surface area (Å²) < 4.78 is 26.3. The van der Waals surface area contributed by atoms with E-state index in [1.165, 1.54) is 12.1 Å². The lowest BCUT2D eigenvalue weighted by Gasteiger charge is -2.10. The number of hydrogen-bond donors (Lipinski definition) is 2. The smallest absolute Gasteiger partial charge is 0.232 e. The van der Waals surface area contributed by atoms with Crippen molar-refractivity contribution in [2.75, 3.05) is 17.0 Å². The summed E-state index contributed by atoms with van der Waals surface area (Å²) in [6.07, 6.45) is 1.42. The molecule has 0 aliphatic heterocycles. The summed E-state index contributed by atoms with van der Waals surface area (Å²) in [4.78, 5) is 0. The lowest BCUT2D eigenvalue weighted by Crippen LogP contribution is -2.24. The maximum Gasteiger partial charge on any atom is 0.232 e. The number of rotatable bonds is 8. The normalized spacial score (nSPS) is 11.8. The molecule has 1 aromatic rings. The molecule has 0 heterocycles. The fraction of sp³-hybridized carbons (Fsp3) is 0.538. The van der Waals surface area contributed by atoms with Crippen molar-refractivity contribution in [2.45, 2.75) is 32.7 Å². The monoisotopic (exact) mass is 338 g/mol. The summed E-state index contributed by atoms with van der Waals surface area (Å²) >= 11 is 11.7. The molecule has 4 nitrogen and oxygen atoms in total. The van der Waals surface area contributed by atoms with Gasteiger partial charge in [0.1, 0.15) is 0 Å². The average molecular weight is 339 g/mol. The van der Waals surface area contributed by atoms with Crippen LogP contribution in [0.25, 0.3) is 0 Å². The van der Waals surface area contributed by atoms with Crippen molar-refractivity contribution in [3.63, 3.8) is 0 Å². The minimum absolute atomic E-state index is 0.0803. The topological polar surface area (TPSA) is 58.2 Å². The first-order valence-electron chi connectivity index (χ1n) is 6.48. The Kier molecular flexibility index (Phi) is 7.09. The number of anilines is 1. The first kappa shape index (κ1) is 17.6. The molecule has 7 heteroatoms. The third kappa shape index (κ3) is 7.33. The first-order valence-corrected chi connectivity index (χ1v) is 8.89. The van der Waals surface area contributed by atoms with E-state index in [0.717, 1.165) is 13.0 Å². The fourth-order valence-electron chi connectivity index (χ4n) is 1.65. The standard InChI is InChI=1S/C13H20Cl2N2O2S/c1-10(2)16-5-3-4-6-20(18,19)17-13-8-11(14)7-12(15)9-13/h7-10,16-17H,3-6H2,1-2H3. The van der Waals surface area contributed by atoms with Crippen LogP contribution >= 0.6 is 23.2 Å². The van der Waals surface area contributed by atoms with Crippen molar-refractivity contribution in [2.24, 2.45) is 0 Å². The summed E-state index contributed by atoms with van der Waals surface area (Å²) in [6.45, 7) is 4.93.